The number of para-hydroxylation sites is 1. The zero-order chi connectivity index (χ0) is 23.5. The van der Waals surface area contributed by atoms with Crippen LogP contribution >= 0.6 is 0 Å². The molecule has 0 saturated heterocycles. The number of pyridine rings is 1. The molecule has 0 saturated carbocycles. The lowest BCUT2D eigenvalue weighted by Gasteiger charge is -2.08. The molecule has 7 heteroatoms. The second-order valence-corrected chi connectivity index (χ2v) is 8.22. The monoisotopic (exact) mass is 453 g/mol. The minimum absolute atomic E-state index is 0.154. The highest BCUT2D eigenvalue weighted by Gasteiger charge is 2.16. The fourth-order valence-electron chi connectivity index (χ4n) is 4.11. The van der Waals surface area contributed by atoms with Gasteiger partial charge in [-0.05, 0) is 29.8 Å². The molecule has 170 valence electrons. The van der Waals surface area contributed by atoms with E-state index in [1.807, 2.05) is 66.3 Å². The highest BCUT2D eigenvalue weighted by Crippen LogP contribution is 2.25. The van der Waals surface area contributed by atoms with E-state index in [-0.39, 0.29) is 11.7 Å². The molecule has 2 aromatic carbocycles. The van der Waals surface area contributed by atoms with Gasteiger partial charge in [0.05, 0.1) is 18.3 Å². The summed E-state index contributed by atoms with van der Waals surface area (Å²) in [6, 6.07) is 18.6. The van der Waals surface area contributed by atoms with Crippen molar-refractivity contribution in [1.29, 1.82) is 0 Å². The number of aryl methyl sites for hydroxylation is 1. The van der Waals surface area contributed by atoms with E-state index < -0.39 is 0 Å². The van der Waals surface area contributed by atoms with Gasteiger partial charge < -0.3 is 9.88 Å². The number of fused-ring (bicyclic) bond motifs is 1. The lowest BCUT2D eigenvalue weighted by atomic mass is 10.1. The molecule has 0 spiro atoms. The number of rotatable bonds is 7. The molecule has 0 bridgehead atoms. The summed E-state index contributed by atoms with van der Waals surface area (Å²) in [4.78, 5) is 17.2. The van der Waals surface area contributed by atoms with Crippen molar-refractivity contribution in [3.05, 3.63) is 108 Å². The lowest BCUT2D eigenvalue weighted by molar-refractivity contribution is 0.0955. The van der Waals surface area contributed by atoms with Crippen LogP contribution in [0.5, 0.6) is 0 Å². The number of amides is 1. The molecular formula is C27H24FN5O. The molecule has 0 aliphatic heterocycles. The number of hydrogen-bond donors (Lipinski definition) is 1. The van der Waals surface area contributed by atoms with Gasteiger partial charge in [0, 0.05) is 66.3 Å². The van der Waals surface area contributed by atoms with Crippen LogP contribution < -0.4 is 5.32 Å². The first-order chi connectivity index (χ1) is 16.6. The van der Waals surface area contributed by atoms with Gasteiger partial charge in [0.2, 0.25) is 0 Å². The SMILES string of the molecule is Cn1cc(-c2ccc(Cn3cc(C(=O)NCCc4ccccn4)c4ccccc43)c(F)c2)cn1. The van der Waals surface area contributed by atoms with E-state index in [4.69, 9.17) is 0 Å². The summed E-state index contributed by atoms with van der Waals surface area (Å²) < 4.78 is 18.6. The highest BCUT2D eigenvalue weighted by molar-refractivity contribution is 6.07. The number of hydrogen-bond acceptors (Lipinski definition) is 3. The van der Waals surface area contributed by atoms with Crippen molar-refractivity contribution in [2.75, 3.05) is 6.54 Å². The number of nitrogens with zero attached hydrogens (tertiary/aromatic N) is 4. The van der Waals surface area contributed by atoms with Crippen molar-refractivity contribution >= 4 is 16.8 Å². The Morgan fingerprint density at radius 1 is 1.03 bits per heavy atom. The summed E-state index contributed by atoms with van der Waals surface area (Å²) in [5, 5.41) is 7.97. The normalized spacial score (nSPS) is 11.1. The Balaban J connectivity index is 1.36. The average Bonchev–Trinajstić information content (AvgIpc) is 3.45. The fraction of sp³-hybridized carbons (Fsp3) is 0.148. The van der Waals surface area contributed by atoms with Crippen LogP contribution in [-0.4, -0.2) is 31.8 Å². The molecular weight excluding hydrogens is 429 g/mol. The highest BCUT2D eigenvalue weighted by atomic mass is 19.1. The van der Waals surface area contributed by atoms with E-state index in [2.05, 4.69) is 15.4 Å². The van der Waals surface area contributed by atoms with Crippen molar-refractivity contribution in [1.82, 2.24) is 24.6 Å². The molecule has 0 fully saturated rings. The van der Waals surface area contributed by atoms with Crippen LogP contribution in [0.1, 0.15) is 21.6 Å². The van der Waals surface area contributed by atoms with Gasteiger partial charge in [0.1, 0.15) is 5.82 Å². The van der Waals surface area contributed by atoms with Crippen LogP contribution in [0.2, 0.25) is 0 Å². The molecule has 0 radical (unpaired) electrons. The van der Waals surface area contributed by atoms with E-state index >= 15 is 0 Å². The lowest BCUT2D eigenvalue weighted by Crippen LogP contribution is -2.25. The number of nitrogens with one attached hydrogen (secondary N) is 1. The quantitative estimate of drug-likeness (QED) is 0.392. The summed E-state index contributed by atoms with van der Waals surface area (Å²) in [5.41, 5.74) is 4.58. The molecule has 1 amide bonds. The van der Waals surface area contributed by atoms with E-state index in [1.165, 1.54) is 6.07 Å². The maximum Gasteiger partial charge on any atom is 0.253 e. The molecule has 0 atom stereocenters. The van der Waals surface area contributed by atoms with Gasteiger partial charge in [-0.1, -0.05) is 36.4 Å². The molecule has 3 heterocycles. The minimum Gasteiger partial charge on any atom is -0.352 e. The number of benzene rings is 2. The summed E-state index contributed by atoms with van der Waals surface area (Å²) in [7, 11) is 1.83. The maximum atomic E-state index is 15.0. The van der Waals surface area contributed by atoms with Crippen molar-refractivity contribution < 1.29 is 9.18 Å². The van der Waals surface area contributed by atoms with E-state index in [9.17, 15) is 9.18 Å². The Kier molecular flexibility index (Phi) is 5.91. The van der Waals surface area contributed by atoms with Gasteiger partial charge in [0.15, 0.2) is 0 Å². The third kappa shape index (κ3) is 4.45. The topological polar surface area (TPSA) is 64.7 Å². The van der Waals surface area contributed by atoms with Gasteiger partial charge in [-0.15, -0.1) is 0 Å². The predicted molar refractivity (Wildman–Crippen MR) is 130 cm³/mol. The third-order valence-corrected chi connectivity index (χ3v) is 5.86. The Labute approximate surface area is 196 Å². The molecule has 0 unspecified atom stereocenters. The van der Waals surface area contributed by atoms with Crippen molar-refractivity contribution in [3.63, 3.8) is 0 Å². The second-order valence-electron chi connectivity index (χ2n) is 8.22. The van der Waals surface area contributed by atoms with Gasteiger partial charge in [0.25, 0.3) is 5.91 Å². The Morgan fingerprint density at radius 2 is 1.88 bits per heavy atom. The van der Waals surface area contributed by atoms with Gasteiger partial charge in [-0.25, -0.2) is 4.39 Å². The zero-order valence-corrected chi connectivity index (χ0v) is 18.8. The fourth-order valence-corrected chi connectivity index (χ4v) is 4.11. The third-order valence-electron chi connectivity index (χ3n) is 5.86. The van der Waals surface area contributed by atoms with Crippen molar-refractivity contribution in [2.45, 2.75) is 13.0 Å². The first-order valence-electron chi connectivity index (χ1n) is 11.1. The molecule has 34 heavy (non-hydrogen) atoms. The minimum atomic E-state index is -0.291. The number of halogens is 1. The van der Waals surface area contributed by atoms with Gasteiger partial charge >= 0.3 is 0 Å². The number of aromatic nitrogens is 4. The van der Waals surface area contributed by atoms with Crippen LogP contribution in [0.15, 0.2) is 85.5 Å². The second kappa shape index (κ2) is 9.31. The summed E-state index contributed by atoms with van der Waals surface area (Å²) >= 11 is 0. The Morgan fingerprint density at radius 3 is 2.65 bits per heavy atom. The molecule has 3 aromatic heterocycles. The number of carbonyl (C=O) groups is 1. The van der Waals surface area contributed by atoms with E-state index in [1.54, 1.807) is 29.3 Å². The largest absolute Gasteiger partial charge is 0.352 e. The van der Waals surface area contributed by atoms with Crippen molar-refractivity contribution in [2.24, 2.45) is 7.05 Å². The van der Waals surface area contributed by atoms with Gasteiger partial charge in [-0.2, -0.15) is 5.10 Å². The molecule has 1 N–H and O–H groups in total. The predicted octanol–water partition coefficient (Wildman–Crippen LogP) is 4.60. The molecule has 6 nitrogen and oxygen atoms in total. The first kappa shape index (κ1) is 21.6. The standard InChI is InChI=1S/C27H24FN5O/c1-32-16-21(15-31-32)19-9-10-20(25(28)14-19)17-33-18-24(23-7-2-3-8-26(23)33)27(34)30-13-11-22-6-4-5-12-29-22/h2-10,12,14-16,18H,11,13,17H2,1H3,(H,30,34). The van der Waals surface area contributed by atoms with Crippen molar-refractivity contribution in [3.8, 4) is 11.1 Å². The van der Waals surface area contributed by atoms with Crippen LogP contribution in [-0.2, 0) is 20.0 Å². The smallest absolute Gasteiger partial charge is 0.253 e. The molecule has 5 aromatic rings. The van der Waals surface area contributed by atoms with E-state index in [0.29, 0.717) is 30.6 Å². The van der Waals surface area contributed by atoms with E-state index in [0.717, 1.165) is 27.7 Å². The van der Waals surface area contributed by atoms with Crippen LogP contribution in [0.3, 0.4) is 0 Å². The Bertz CT molecular complexity index is 1450. The average molecular weight is 454 g/mol. The Hall–Kier alpha value is -4.26. The summed E-state index contributed by atoms with van der Waals surface area (Å²) in [6.45, 7) is 0.806. The van der Waals surface area contributed by atoms with Crippen LogP contribution in [0, 0.1) is 5.82 Å². The molecule has 5 rings (SSSR count). The van der Waals surface area contributed by atoms with Gasteiger partial charge in [-0.3, -0.25) is 14.5 Å². The molecule has 0 aliphatic carbocycles. The zero-order valence-electron chi connectivity index (χ0n) is 18.8. The first-order valence-corrected chi connectivity index (χ1v) is 11.1. The van der Waals surface area contributed by atoms with Crippen LogP contribution in [0.4, 0.5) is 4.39 Å². The summed E-state index contributed by atoms with van der Waals surface area (Å²) in [5.74, 6) is -0.446. The van der Waals surface area contributed by atoms with Crippen LogP contribution in [0.25, 0.3) is 22.0 Å². The molecule has 0 aliphatic rings. The summed E-state index contributed by atoms with van der Waals surface area (Å²) in [6.07, 6.45) is 7.77. The number of carbonyl (C=O) groups excluding carboxylic acids is 1. The maximum absolute atomic E-state index is 15.0.